The van der Waals surface area contributed by atoms with E-state index in [0.717, 1.165) is 33.7 Å². The molecule has 0 aromatic heterocycles. The van der Waals surface area contributed by atoms with E-state index in [9.17, 15) is 14.0 Å². The van der Waals surface area contributed by atoms with E-state index >= 15 is 0 Å². The van der Waals surface area contributed by atoms with Crippen molar-refractivity contribution in [2.24, 2.45) is 0 Å². The molecule has 4 aromatic rings. The maximum Gasteiger partial charge on any atom is 0.293 e. The molecular formula is C29H21BrFNO4S. The maximum absolute atomic E-state index is 13.1. The van der Waals surface area contributed by atoms with Crippen LogP contribution in [0.25, 0.3) is 16.8 Å². The Morgan fingerprint density at radius 3 is 2.49 bits per heavy atom. The lowest BCUT2D eigenvalue weighted by Gasteiger charge is -2.14. The lowest BCUT2D eigenvalue weighted by atomic mass is 10.1. The molecule has 8 heteroatoms. The van der Waals surface area contributed by atoms with Gasteiger partial charge in [-0.25, -0.2) is 4.39 Å². The fourth-order valence-electron chi connectivity index (χ4n) is 3.88. The number of carbonyl (C=O) groups is 2. The molecule has 0 saturated carbocycles. The van der Waals surface area contributed by atoms with Crippen molar-refractivity contribution in [2.75, 3.05) is 13.2 Å². The zero-order valence-corrected chi connectivity index (χ0v) is 21.9. The Bertz CT molecular complexity index is 1500. The molecule has 0 atom stereocenters. The van der Waals surface area contributed by atoms with E-state index in [1.807, 2.05) is 54.6 Å². The molecule has 5 nitrogen and oxygen atoms in total. The third-order valence-corrected chi connectivity index (χ3v) is 7.28. The van der Waals surface area contributed by atoms with E-state index in [1.54, 1.807) is 24.3 Å². The first-order valence-corrected chi connectivity index (χ1v) is 13.1. The summed E-state index contributed by atoms with van der Waals surface area (Å²) in [5.74, 6) is 0.688. The van der Waals surface area contributed by atoms with Gasteiger partial charge in [-0.3, -0.25) is 14.5 Å². The summed E-state index contributed by atoms with van der Waals surface area (Å²) < 4.78 is 25.5. The summed E-state index contributed by atoms with van der Waals surface area (Å²) >= 11 is 4.40. The number of benzene rings is 4. The topological polar surface area (TPSA) is 55.8 Å². The number of nitrogens with zero attached hydrogens (tertiary/aromatic N) is 1. The number of fused-ring (bicyclic) bond motifs is 1. The van der Waals surface area contributed by atoms with E-state index in [2.05, 4.69) is 15.9 Å². The average Bonchev–Trinajstić information content (AvgIpc) is 3.16. The van der Waals surface area contributed by atoms with Crippen molar-refractivity contribution < 1.29 is 23.5 Å². The Labute approximate surface area is 226 Å². The molecule has 0 aliphatic carbocycles. The Kier molecular flexibility index (Phi) is 7.58. The van der Waals surface area contributed by atoms with Gasteiger partial charge in [0.25, 0.3) is 11.1 Å². The van der Waals surface area contributed by atoms with Crippen LogP contribution in [0.2, 0.25) is 0 Å². The van der Waals surface area contributed by atoms with E-state index in [-0.39, 0.29) is 36.7 Å². The standard InChI is InChI=1S/C29H21BrFNO4S/c30-24-16-20(10-13-26(24)36-18-19-8-11-22(31)12-9-19)17-27-28(33)32(29(34)37-27)14-15-35-25-7-3-5-21-4-1-2-6-23(21)25/h1-13,16-17H,14-15,18H2/b27-17-. The van der Waals surface area contributed by atoms with Crippen molar-refractivity contribution in [3.05, 3.63) is 111 Å². The minimum Gasteiger partial charge on any atom is -0.491 e. The predicted molar refractivity (Wildman–Crippen MR) is 147 cm³/mol. The normalized spacial score (nSPS) is 14.5. The number of hydrogen-bond acceptors (Lipinski definition) is 5. The SMILES string of the molecule is O=C1S/C(=C\c2ccc(OCc3ccc(F)cc3)c(Br)c2)C(=O)N1CCOc1cccc2ccccc12. The van der Waals surface area contributed by atoms with Crippen LogP contribution in [-0.2, 0) is 11.4 Å². The van der Waals surface area contributed by atoms with Crippen molar-refractivity contribution in [3.63, 3.8) is 0 Å². The highest BCUT2D eigenvalue weighted by molar-refractivity contribution is 9.10. The summed E-state index contributed by atoms with van der Waals surface area (Å²) in [6.07, 6.45) is 1.69. The van der Waals surface area contributed by atoms with Gasteiger partial charge in [0.05, 0.1) is 15.9 Å². The minimum atomic E-state index is -0.343. The highest BCUT2D eigenvalue weighted by atomic mass is 79.9. The van der Waals surface area contributed by atoms with Crippen LogP contribution in [0.4, 0.5) is 9.18 Å². The second-order valence-corrected chi connectivity index (χ2v) is 10.1. The van der Waals surface area contributed by atoms with Gasteiger partial charge < -0.3 is 9.47 Å². The van der Waals surface area contributed by atoms with Gasteiger partial charge in [-0.1, -0.05) is 54.6 Å². The maximum atomic E-state index is 13.1. The van der Waals surface area contributed by atoms with Crippen molar-refractivity contribution in [1.29, 1.82) is 0 Å². The Morgan fingerprint density at radius 1 is 0.892 bits per heavy atom. The number of carbonyl (C=O) groups excluding carboxylic acids is 2. The Morgan fingerprint density at radius 2 is 1.68 bits per heavy atom. The molecule has 1 fully saturated rings. The first kappa shape index (κ1) is 25.0. The molecule has 1 saturated heterocycles. The number of thioether (sulfide) groups is 1. The molecule has 186 valence electrons. The molecule has 0 spiro atoms. The van der Waals surface area contributed by atoms with Crippen LogP contribution < -0.4 is 9.47 Å². The summed E-state index contributed by atoms with van der Waals surface area (Å²) in [6.45, 7) is 0.647. The van der Waals surface area contributed by atoms with Gasteiger partial charge in [0.1, 0.15) is 30.5 Å². The van der Waals surface area contributed by atoms with E-state index in [1.165, 1.54) is 17.0 Å². The molecule has 0 N–H and O–H groups in total. The van der Waals surface area contributed by atoms with Gasteiger partial charge in [0.2, 0.25) is 0 Å². The van der Waals surface area contributed by atoms with Crippen LogP contribution in [0.3, 0.4) is 0 Å². The first-order chi connectivity index (χ1) is 18.0. The van der Waals surface area contributed by atoms with Crippen LogP contribution in [-0.4, -0.2) is 29.2 Å². The van der Waals surface area contributed by atoms with Crippen LogP contribution >= 0.6 is 27.7 Å². The van der Waals surface area contributed by atoms with Crippen molar-refractivity contribution >= 4 is 55.7 Å². The molecule has 1 heterocycles. The molecule has 0 bridgehead atoms. The van der Waals surface area contributed by atoms with Gasteiger partial charge in [-0.15, -0.1) is 0 Å². The van der Waals surface area contributed by atoms with Gasteiger partial charge >= 0.3 is 0 Å². The number of imide groups is 1. The zero-order valence-electron chi connectivity index (χ0n) is 19.5. The molecule has 2 amide bonds. The highest BCUT2D eigenvalue weighted by Gasteiger charge is 2.34. The number of hydrogen-bond donors (Lipinski definition) is 0. The lowest BCUT2D eigenvalue weighted by Crippen LogP contribution is -2.32. The van der Waals surface area contributed by atoms with Crippen LogP contribution in [0.1, 0.15) is 11.1 Å². The van der Waals surface area contributed by atoms with E-state index in [0.29, 0.717) is 20.9 Å². The Hall–Kier alpha value is -3.62. The largest absolute Gasteiger partial charge is 0.491 e. The van der Waals surface area contributed by atoms with Gasteiger partial charge in [-0.2, -0.15) is 0 Å². The smallest absolute Gasteiger partial charge is 0.293 e. The highest BCUT2D eigenvalue weighted by Crippen LogP contribution is 2.34. The molecule has 1 aliphatic heterocycles. The molecule has 5 rings (SSSR count). The summed E-state index contributed by atoms with van der Waals surface area (Å²) in [5.41, 5.74) is 1.59. The zero-order chi connectivity index (χ0) is 25.8. The van der Waals surface area contributed by atoms with Gasteiger partial charge in [0.15, 0.2) is 0 Å². The van der Waals surface area contributed by atoms with Crippen LogP contribution in [0.5, 0.6) is 11.5 Å². The summed E-state index contributed by atoms with van der Waals surface area (Å²) in [5, 5.41) is 1.72. The lowest BCUT2D eigenvalue weighted by molar-refractivity contribution is -0.123. The summed E-state index contributed by atoms with van der Waals surface area (Å²) in [4.78, 5) is 27.0. The third-order valence-electron chi connectivity index (χ3n) is 5.76. The third kappa shape index (κ3) is 5.87. The molecule has 1 aliphatic rings. The number of amides is 2. The van der Waals surface area contributed by atoms with Gasteiger partial charge in [-0.05, 0) is 80.6 Å². The first-order valence-electron chi connectivity index (χ1n) is 11.5. The van der Waals surface area contributed by atoms with Crippen molar-refractivity contribution in [3.8, 4) is 11.5 Å². The Balaban J connectivity index is 1.20. The predicted octanol–water partition coefficient (Wildman–Crippen LogP) is 7.44. The van der Waals surface area contributed by atoms with Gasteiger partial charge in [0, 0.05) is 5.39 Å². The van der Waals surface area contributed by atoms with E-state index < -0.39 is 0 Å². The monoisotopic (exact) mass is 577 g/mol. The second-order valence-electron chi connectivity index (χ2n) is 8.26. The fraction of sp³-hybridized carbons (Fsp3) is 0.103. The second kappa shape index (κ2) is 11.2. The average molecular weight is 578 g/mol. The number of rotatable bonds is 8. The molecule has 0 radical (unpaired) electrons. The van der Waals surface area contributed by atoms with Crippen LogP contribution in [0.15, 0.2) is 94.3 Å². The number of ether oxygens (including phenoxy) is 2. The van der Waals surface area contributed by atoms with Crippen molar-refractivity contribution in [1.82, 2.24) is 4.90 Å². The molecule has 37 heavy (non-hydrogen) atoms. The molecular weight excluding hydrogens is 557 g/mol. The summed E-state index contributed by atoms with van der Waals surface area (Å²) in [6, 6.07) is 25.2. The van der Waals surface area contributed by atoms with Crippen molar-refractivity contribution in [2.45, 2.75) is 6.61 Å². The summed E-state index contributed by atoms with van der Waals surface area (Å²) in [7, 11) is 0. The van der Waals surface area contributed by atoms with E-state index in [4.69, 9.17) is 9.47 Å². The minimum absolute atomic E-state index is 0.158. The molecule has 0 unspecified atom stereocenters. The number of halogens is 2. The molecule has 4 aromatic carbocycles. The quantitative estimate of drug-likeness (QED) is 0.204. The fourth-order valence-corrected chi connectivity index (χ4v) is 5.25. The van der Waals surface area contributed by atoms with Crippen LogP contribution in [0, 0.1) is 5.82 Å².